The number of nitriles is 1. The van der Waals surface area contributed by atoms with E-state index in [-0.39, 0.29) is 13.2 Å². The van der Waals surface area contributed by atoms with Gasteiger partial charge in [-0.15, -0.1) is 0 Å². The standard InChI is InChI=1S/C12H16N2O3/c1-12(14,7-13)8-17-10-4-3-9(6-15)5-11(10)16-2/h3-5,15H,6,8,14H2,1-2H3. The molecular weight excluding hydrogens is 220 g/mol. The third-order valence-corrected chi connectivity index (χ3v) is 2.19. The van der Waals surface area contributed by atoms with Crippen molar-refractivity contribution in [1.29, 1.82) is 5.26 Å². The minimum atomic E-state index is -1.04. The average Bonchev–Trinajstić information content (AvgIpc) is 2.36. The van der Waals surface area contributed by atoms with Gasteiger partial charge in [0.1, 0.15) is 12.1 Å². The smallest absolute Gasteiger partial charge is 0.161 e. The van der Waals surface area contributed by atoms with Gasteiger partial charge < -0.3 is 20.3 Å². The first-order chi connectivity index (χ1) is 8.02. The van der Waals surface area contributed by atoms with Crippen molar-refractivity contribution in [2.45, 2.75) is 19.1 Å². The molecule has 5 nitrogen and oxygen atoms in total. The fourth-order valence-electron chi connectivity index (χ4n) is 1.19. The predicted octanol–water partition coefficient (Wildman–Crippen LogP) is 0.807. The summed E-state index contributed by atoms with van der Waals surface area (Å²) >= 11 is 0. The molecule has 1 aromatic rings. The Morgan fingerprint density at radius 3 is 2.71 bits per heavy atom. The monoisotopic (exact) mass is 236 g/mol. The molecule has 1 atom stereocenters. The van der Waals surface area contributed by atoms with E-state index in [0.717, 1.165) is 5.56 Å². The number of aliphatic hydroxyl groups is 1. The van der Waals surface area contributed by atoms with Crippen LogP contribution in [0.5, 0.6) is 11.5 Å². The Kier molecular flexibility index (Phi) is 4.32. The van der Waals surface area contributed by atoms with E-state index < -0.39 is 5.54 Å². The number of benzene rings is 1. The number of nitrogens with zero attached hydrogens (tertiary/aromatic N) is 1. The highest BCUT2D eigenvalue weighted by molar-refractivity contribution is 5.42. The van der Waals surface area contributed by atoms with Crippen LogP contribution in [0.2, 0.25) is 0 Å². The van der Waals surface area contributed by atoms with Crippen molar-refractivity contribution in [2.75, 3.05) is 13.7 Å². The van der Waals surface area contributed by atoms with Crippen LogP contribution in [0.3, 0.4) is 0 Å². The molecule has 0 aliphatic heterocycles. The van der Waals surface area contributed by atoms with Crippen molar-refractivity contribution >= 4 is 0 Å². The second-order valence-corrected chi connectivity index (χ2v) is 3.96. The van der Waals surface area contributed by atoms with Crippen LogP contribution in [0.15, 0.2) is 18.2 Å². The number of hydrogen-bond acceptors (Lipinski definition) is 5. The molecule has 17 heavy (non-hydrogen) atoms. The molecule has 0 aliphatic rings. The summed E-state index contributed by atoms with van der Waals surface area (Å²) in [5.74, 6) is 1.00. The van der Waals surface area contributed by atoms with Gasteiger partial charge in [0, 0.05) is 0 Å². The van der Waals surface area contributed by atoms with Crippen molar-refractivity contribution in [2.24, 2.45) is 5.73 Å². The Morgan fingerprint density at radius 1 is 1.47 bits per heavy atom. The van der Waals surface area contributed by atoms with Gasteiger partial charge in [-0.25, -0.2) is 0 Å². The quantitative estimate of drug-likeness (QED) is 0.789. The summed E-state index contributed by atoms with van der Waals surface area (Å²) in [7, 11) is 1.51. The topological polar surface area (TPSA) is 88.5 Å². The summed E-state index contributed by atoms with van der Waals surface area (Å²) in [5.41, 5.74) is 5.33. The van der Waals surface area contributed by atoms with Crippen LogP contribution in [0.4, 0.5) is 0 Å². The van der Waals surface area contributed by atoms with Gasteiger partial charge in [0.15, 0.2) is 11.5 Å². The molecule has 0 radical (unpaired) electrons. The van der Waals surface area contributed by atoms with E-state index in [2.05, 4.69) is 0 Å². The van der Waals surface area contributed by atoms with E-state index in [9.17, 15) is 0 Å². The Labute approximate surface area is 100 Å². The summed E-state index contributed by atoms with van der Waals surface area (Å²) in [6, 6.07) is 7.02. The number of hydrogen-bond donors (Lipinski definition) is 2. The second-order valence-electron chi connectivity index (χ2n) is 3.96. The van der Waals surface area contributed by atoms with Gasteiger partial charge in [-0.3, -0.25) is 0 Å². The second kappa shape index (κ2) is 5.53. The Bertz CT molecular complexity index is 424. The van der Waals surface area contributed by atoms with E-state index in [1.54, 1.807) is 25.1 Å². The first kappa shape index (κ1) is 13.3. The van der Waals surface area contributed by atoms with E-state index >= 15 is 0 Å². The first-order valence-electron chi connectivity index (χ1n) is 5.13. The van der Waals surface area contributed by atoms with Gasteiger partial charge in [0.25, 0.3) is 0 Å². The van der Waals surface area contributed by atoms with Gasteiger partial charge in [-0.2, -0.15) is 5.26 Å². The highest BCUT2D eigenvalue weighted by atomic mass is 16.5. The number of aliphatic hydroxyl groups excluding tert-OH is 1. The van der Waals surface area contributed by atoms with Crippen LogP contribution in [0, 0.1) is 11.3 Å². The molecule has 0 aliphatic carbocycles. The van der Waals surface area contributed by atoms with Crippen molar-refractivity contribution in [1.82, 2.24) is 0 Å². The van der Waals surface area contributed by atoms with E-state index in [4.69, 9.17) is 25.6 Å². The molecule has 0 saturated heterocycles. The lowest BCUT2D eigenvalue weighted by molar-refractivity contribution is 0.250. The molecule has 0 spiro atoms. The SMILES string of the molecule is COc1cc(CO)ccc1OCC(C)(N)C#N. The van der Waals surface area contributed by atoms with Crippen LogP contribution in [-0.2, 0) is 6.61 Å². The molecule has 0 bridgehead atoms. The number of rotatable bonds is 5. The zero-order valence-corrected chi connectivity index (χ0v) is 9.93. The minimum Gasteiger partial charge on any atom is -0.493 e. The highest BCUT2D eigenvalue weighted by Crippen LogP contribution is 2.28. The minimum absolute atomic E-state index is 0.0660. The molecule has 92 valence electrons. The maximum absolute atomic E-state index is 8.99. The maximum Gasteiger partial charge on any atom is 0.161 e. The predicted molar refractivity (Wildman–Crippen MR) is 62.6 cm³/mol. The summed E-state index contributed by atoms with van der Waals surface area (Å²) < 4.78 is 10.6. The zero-order chi connectivity index (χ0) is 12.9. The van der Waals surface area contributed by atoms with Crippen molar-refractivity contribution in [3.05, 3.63) is 23.8 Å². The zero-order valence-electron chi connectivity index (χ0n) is 9.93. The molecule has 0 fully saturated rings. The van der Waals surface area contributed by atoms with Gasteiger partial charge in [-0.1, -0.05) is 6.07 Å². The summed E-state index contributed by atoms with van der Waals surface area (Å²) in [5, 5.41) is 17.7. The van der Waals surface area contributed by atoms with E-state index in [1.807, 2.05) is 6.07 Å². The van der Waals surface area contributed by atoms with Crippen molar-refractivity contribution in [3.8, 4) is 17.6 Å². The van der Waals surface area contributed by atoms with Crippen molar-refractivity contribution < 1.29 is 14.6 Å². The third-order valence-electron chi connectivity index (χ3n) is 2.19. The van der Waals surface area contributed by atoms with Gasteiger partial charge in [-0.05, 0) is 24.6 Å². The molecule has 3 N–H and O–H groups in total. The van der Waals surface area contributed by atoms with Crippen LogP contribution in [0.1, 0.15) is 12.5 Å². The van der Waals surface area contributed by atoms with E-state index in [0.29, 0.717) is 11.5 Å². The lowest BCUT2D eigenvalue weighted by atomic mass is 10.1. The summed E-state index contributed by atoms with van der Waals surface area (Å²) in [6.45, 7) is 1.59. The third kappa shape index (κ3) is 3.63. The summed E-state index contributed by atoms with van der Waals surface area (Å²) in [4.78, 5) is 0. The lowest BCUT2D eigenvalue weighted by Gasteiger charge is -2.18. The Hall–Kier alpha value is -1.77. The Balaban J connectivity index is 2.81. The molecule has 5 heteroatoms. The highest BCUT2D eigenvalue weighted by Gasteiger charge is 2.19. The molecule has 1 aromatic carbocycles. The van der Waals surface area contributed by atoms with Crippen LogP contribution >= 0.6 is 0 Å². The van der Waals surface area contributed by atoms with Crippen LogP contribution in [-0.4, -0.2) is 24.4 Å². The van der Waals surface area contributed by atoms with Gasteiger partial charge in [0.2, 0.25) is 0 Å². The molecule has 0 amide bonds. The van der Waals surface area contributed by atoms with Gasteiger partial charge >= 0.3 is 0 Å². The first-order valence-corrected chi connectivity index (χ1v) is 5.13. The molecule has 0 saturated carbocycles. The van der Waals surface area contributed by atoms with E-state index in [1.165, 1.54) is 7.11 Å². The fourth-order valence-corrected chi connectivity index (χ4v) is 1.19. The molecule has 1 unspecified atom stereocenters. The van der Waals surface area contributed by atoms with Crippen LogP contribution < -0.4 is 15.2 Å². The molecular formula is C12H16N2O3. The molecule has 0 heterocycles. The maximum atomic E-state index is 8.99. The van der Waals surface area contributed by atoms with Crippen LogP contribution in [0.25, 0.3) is 0 Å². The molecule has 0 aromatic heterocycles. The summed E-state index contributed by atoms with van der Waals surface area (Å²) in [6.07, 6.45) is 0. The largest absolute Gasteiger partial charge is 0.493 e. The Morgan fingerprint density at radius 2 is 2.18 bits per heavy atom. The number of nitrogens with two attached hydrogens (primary N) is 1. The fraction of sp³-hybridized carbons (Fsp3) is 0.417. The number of methoxy groups -OCH3 is 1. The molecule has 1 rings (SSSR count). The average molecular weight is 236 g/mol. The van der Waals surface area contributed by atoms with Gasteiger partial charge in [0.05, 0.1) is 19.8 Å². The van der Waals surface area contributed by atoms with Crippen molar-refractivity contribution in [3.63, 3.8) is 0 Å². The number of ether oxygens (including phenoxy) is 2. The normalized spacial score (nSPS) is 13.6. The lowest BCUT2D eigenvalue weighted by Crippen LogP contribution is -2.40.